The van der Waals surface area contributed by atoms with E-state index < -0.39 is 24.9 Å². The van der Waals surface area contributed by atoms with E-state index in [1.165, 1.54) is 39.0 Å². The molecule has 2 aliphatic rings. The zero-order valence-electron chi connectivity index (χ0n) is 17.5. The van der Waals surface area contributed by atoms with Gasteiger partial charge in [0.25, 0.3) is 6.43 Å². The molecule has 0 heterocycles. The number of carbonyl (C=O) groups excluding carboxylic acids is 1. The minimum absolute atomic E-state index is 0.0122. The van der Waals surface area contributed by atoms with Crippen molar-refractivity contribution in [3.63, 3.8) is 0 Å². The molecule has 1 unspecified atom stereocenters. The summed E-state index contributed by atoms with van der Waals surface area (Å²) in [7, 11) is 0. The number of nitrogens with two attached hydrogens (primary N) is 1. The number of alkyl halides is 4. The van der Waals surface area contributed by atoms with Gasteiger partial charge in [0.15, 0.2) is 11.5 Å². The van der Waals surface area contributed by atoms with Crippen LogP contribution < -0.4 is 20.5 Å². The van der Waals surface area contributed by atoms with E-state index in [-0.39, 0.29) is 17.6 Å². The first-order chi connectivity index (χ1) is 14.7. The highest BCUT2D eigenvalue weighted by molar-refractivity contribution is 5.46. The first-order valence-electron chi connectivity index (χ1n) is 10.4. The fourth-order valence-electron chi connectivity index (χ4n) is 2.80. The van der Waals surface area contributed by atoms with Crippen molar-refractivity contribution >= 4 is 6.41 Å². The van der Waals surface area contributed by atoms with Crippen molar-refractivity contribution in [1.82, 2.24) is 5.32 Å². The molecule has 1 aromatic rings. The Hall–Kier alpha value is -2.10. The fourth-order valence-corrected chi connectivity index (χ4v) is 2.80. The van der Waals surface area contributed by atoms with Crippen LogP contribution >= 0.6 is 0 Å². The van der Waals surface area contributed by atoms with Gasteiger partial charge in [-0.1, -0.05) is 19.3 Å². The normalized spacial score (nSPS) is 17.5. The minimum Gasteiger partial charge on any atom is -0.486 e. The zero-order valence-corrected chi connectivity index (χ0v) is 17.5. The number of nitrogens with one attached hydrogen (secondary N) is 1. The smallest absolute Gasteiger partial charge is 0.387 e. The number of amides is 1. The van der Waals surface area contributed by atoms with Crippen molar-refractivity contribution in [1.29, 1.82) is 0 Å². The van der Waals surface area contributed by atoms with Crippen LogP contribution in [0.15, 0.2) is 18.2 Å². The third-order valence-electron chi connectivity index (χ3n) is 4.77. The Morgan fingerprint density at radius 3 is 2.10 bits per heavy atom. The van der Waals surface area contributed by atoms with Crippen molar-refractivity contribution in [2.75, 3.05) is 0 Å². The van der Waals surface area contributed by atoms with Gasteiger partial charge < -0.3 is 20.5 Å². The molecule has 0 radical (unpaired) electrons. The Kier molecular flexibility index (Phi) is 12.9. The van der Waals surface area contributed by atoms with Gasteiger partial charge in [-0.3, -0.25) is 4.79 Å². The molecule has 0 saturated heterocycles. The van der Waals surface area contributed by atoms with Crippen LogP contribution in [0.2, 0.25) is 0 Å². The quantitative estimate of drug-likeness (QED) is 0.448. The number of benzene rings is 1. The van der Waals surface area contributed by atoms with Crippen LogP contribution in [-0.4, -0.2) is 37.6 Å². The Labute approximate surface area is 179 Å². The van der Waals surface area contributed by atoms with E-state index in [4.69, 9.17) is 4.74 Å². The molecule has 1 atom stereocenters. The molecule has 5 nitrogen and oxygen atoms in total. The number of halogens is 5. The Bertz CT molecular complexity index is 619. The molecule has 2 aliphatic carbocycles. The first kappa shape index (κ1) is 26.9. The van der Waals surface area contributed by atoms with Crippen molar-refractivity contribution in [2.24, 2.45) is 5.73 Å². The van der Waals surface area contributed by atoms with Crippen LogP contribution in [-0.2, 0) is 4.79 Å². The lowest BCUT2D eigenvalue weighted by Crippen LogP contribution is -2.29. The molecule has 0 aliphatic heterocycles. The van der Waals surface area contributed by atoms with Gasteiger partial charge in [-0.2, -0.15) is 8.78 Å². The maximum atomic E-state index is 12.9. The molecular formula is C21H31F5N2O3. The van der Waals surface area contributed by atoms with Gasteiger partial charge in [0, 0.05) is 12.1 Å². The van der Waals surface area contributed by atoms with Crippen LogP contribution in [0.4, 0.5) is 22.0 Å². The van der Waals surface area contributed by atoms with Gasteiger partial charge in [-0.15, -0.1) is 0 Å². The highest BCUT2D eigenvalue weighted by Crippen LogP contribution is 2.33. The largest absolute Gasteiger partial charge is 0.486 e. The van der Waals surface area contributed by atoms with Gasteiger partial charge in [-0.25, -0.2) is 13.2 Å². The van der Waals surface area contributed by atoms with E-state index in [0.29, 0.717) is 6.04 Å². The van der Waals surface area contributed by atoms with Crippen LogP contribution in [0.1, 0.15) is 58.3 Å². The van der Waals surface area contributed by atoms with Gasteiger partial charge >= 0.3 is 6.61 Å². The number of hydrogen-bond acceptors (Lipinski definition) is 4. The number of rotatable bonds is 7. The summed E-state index contributed by atoms with van der Waals surface area (Å²) in [6.07, 6.45) is 7.48. The summed E-state index contributed by atoms with van der Waals surface area (Å²) in [6.45, 7) is -1.67. The monoisotopic (exact) mass is 454 g/mol. The molecule has 178 valence electrons. The van der Waals surface area contributed by atoms with E-state index in [1.54, 1.807) is 0 Å². The highest BCUT2D eigenvalue weighted by atomic mass is 19.3. The van der Waals surface area contributed by atoms with Crippen LogP contribution in [0, 0.1) is 5.82 Å². The van der Waals surface area contributed by atoms with Gasteiger partial charge in [0.2, 0.25) is 6.41 Å². The Balaban J connectivity index is 0.000000270. The predicted molar refractivity (Wildman–Crippen MR) is 107 cm³/mol. The molecule has 0 spiro atoms. The average molecular weight is 454 g/mol. The Morgan fingerprint density at radius 2 is 1.65 bits per heavy atom. The van der Waals surface area contributed by atoms with Crippen molar-refractivity contribution < 1.29 is 36.2 Å². The third-order valence-corrected chi connectivity index (χ3v) is 4.77. The van der Waals surface area contributed by atoms with Gasteiger partial charge in [0.1, 0.15) is 5.82 Å². The van der Waals surface area contributed by atoms with Crippen molar-refractivity contribution in [2.45, 2.75) is 89.5 Å². The van der Waals surface area contributed by atoms with Crippen LogP contribution in [0.3, 0.4) is 0 Å². The molecule has 0 aromatic heterocycles. The highest BCUT2D eigenvalue weighted by Gasteiger charge is 2.22. The summed E-state index contributed by atoms with van der Waals surface area (Å²) in [6, 6.07) is 2.78. The summed E-state index contributed by atoms with van der Waals surface area (Å²) >= 11 is 0. The van der Waals surface area contributed by atoms with Crippen molar-refractivity contribution in [3.05, 3.63) is 24.0 Å². The van der Waals surface area contributed by atoms with E-state index in [1.807, 2.05) is 0 Å². The fraction of sp³-hybridized carbons (Fsp3) is 0.667. The lowest BCUT2D eigenvalue weighted by Gasteiger charge is -2.27. The molecule has 2 saturated carbocycles. The molecule has 3 N–H and O–H groups in total. The lowest BCUT2D eigenvalue weighted by molar-refractivity contribution is -0.110. The van der Waals surface area contributed by atoms with E-state index in [2.05, 4.69) is 15.8 Å². The van der Waals surface area contributed by atoms with E-state index in [0.717, 1.165) is 43.9 Å². The number of carbonyl (C=O) groups is 1. The molecule has 10 heteroatoms. The molecule has 0 bridgehead atoms. The van der Waals surface area contributed by atoms with Gasteiger partial charge in [-0.05, 0) is 51.2 Å². The molecular weight excluding hydrogens is 423 g/mol. The average Bonchev–Trinajstić information content (AvgIpc) is 2.68. The molecule has 3 rings (SSSR count). The summed E-state index contributed by atoms with van der Waals surface area (Å²) in [4.78, 5) is 9.96. The second-order valence-electron chi connectivity index (χ2n) is 7.45. The zero-order chi connectivity index (χ0) is 23.2. The van der Waals surface area contributed by atoms with Crippen LogP contribution in [0.25, 0.3) is 0 Å². The summed E-state index contributed by atoms with van der Waals surface area (Å²) < 4.78 is 68.7. The summed E-state index contributed by atoms with van der Waals surface area (Å²) in [5.41, 5.74) is 4.69. The third kappa shape index (κ3) is 11.8. The predicted octanol–water partition coefficient (Wildman–Crippen LogP) is 5.02. The van der Waals surface area contributed by atoms with Crippen molar-refractivity contribution in [3.8, 4) is 11.5 Å². The summed E-state index contributed by atoms with van der Waals surface area (Å²) in [5, 5.41) is 2.80. The standard InChI is InChI=1S/C11H11F3O2.C7H13NO.C3H7F2N/c12-7-4-5-9(16-11(13)14)10(6-7)15-8-2-1-3-8;9-6-8-7-4-2-1-3-5-7;1-2(6)3(4)5/h4-6,8,11H,1-3H2;6-7H,1-5H2,(H,8,9);2-3H,6H2,1H3. The molecule has 31 heavy (non-hydrogen) atoms. The minimum atomic E-state index is -2.94. The molecule has 1 aromatic carbocycles. The maximum Gasteiger partial charge on any atom is 0.387 e. The van der Waals surface area contributed by atoms with E-state index >= 15 is 0 Å². The van der Waals surface area contributed by atoms with Crippen LogP contribution in [0.5, 0.6) is 11.5 Å². The molecule has 1 amide bonds. The van der Waals surface area contributed by atoms with E-state index in [9.17, 15) is 26.7 Å². The summed E-state index contributed by atoms with van der Waals surface area (Å²) in [5.74, 6) is -0.607. The number of hydrogen-bond donors (Lipinski definition) is 2. The SMILES string of the molecule is CC(N)C(F)F.Fc1ccc(OC(F)F)c(OC2CCC2)c1.O=CNC1CCCCC1. The second-order valence-corrected chi connectivity index (χ2v) is 7.45. The Morgan fingerprint density at radius 1 is 1.03 bits per heavy atom. The molecule has 2 fully saturated rings. The number of ether oxygens (including phenoxy) is 2. The lowest BCUT2D eigenvalue weighted by atomic mass is 9.96. The van der Waals surface area contributed by atoms with Gasteiger partial charge in [0.05, 0.1) is 12.1 Å². The maximum absolute atomic E-state index is 12.9. The first-order valence-corrected chi connectivity index (χ1v) is 10.4. The topological polar surface area (TPSA) is 73.6 Å². The second kappa shape index (κ2) is 14.8.